The van der Waals surface area contributed by atoms with Gasteiger partial charge in [-0.2, -0.15) is 0 Å². The number of hydrogen-bond acceptors (Lipinski definition) is 4. The van der Waals surface area contributed by atoms with E-state index < -0.39 is 9.84 Å². The van der Waals surface area contributed by atoms with Gasteiger partial charge in [0.05, 0.1) is 10.6 Å². The van der Waals surface area contributed by atoms with Crippen molar-refractivity contribution in [2.75, 3.05) is 12.3 Å². The van der Waals surface area contributed by atoms with Crippen LogP contribution in [0.25, 0.3) is 0 Å². The zero-order valence-corrected chi connectivity index (χ0v) is 13.5. The SMILES string of the molecule is NC1CC2CCC(C1)N2CCS(=O)(=O)c1ccc(Cl)cc1. The molecule has 1 aromatic carbocycles. The van der Waals surface area contributed by atoms with Gasteiger partial charge in [-0.15, -0.1) is 0 Å². The number of rotatable bonds is 4. The molecule has 21 heavy (non-hydrogen) atoms. The zero-order chi connectivity index (χ0) is 15.0. The Labute approximate surface area is 131 Å². The van der Waals surface area contributed by atoms with E-state index in [-0.39, 0.29) is 11.8 Å². The van der Waals surface area contributed by atoms with Gasteiger partial charge in [0.25, 0.3) is 0 Å². The maximum absolute atomic E-state index is 12.4. The predicted octanol–water partition coefficient (Wildman–Crippen LogP) is 2.07. The highest BCUT2D eigenvalue weighted by atomic mass is 35.5. The average Bonchev–Trinajstić information content (AvgIpc) is 2.68. The van der Waals surface area contributed by atoms with Gasteiger partial charge in [-0.05, 0) is 49.9 Å². The van der Waals surface area contributed by atoms with Crippen molar-refractivity contribution in [3.05, 3.63) is 29.3 Å². The van der Waals surface area contributed by atoms with Crippen molar-refractivity contribution in [2.24, 2.45) is 5.73 Å². The first kappa shape index (κ1) is 15.3. The van der Waals surface area contributed by atoms with Gasteiger partial charge >= 0.3 is 0 Å². The topological polar surface area (TPSA) is 63.4 Å². The molecule has 116 valence electrons. The largest absolute Gasteiger partial charge is 0.328 e. The molecule has 2 unspecified atom stereocenters. The van der Waals surface area contributed by atoms with Crippen LogP contribution in [-0.2, 0) is 9.84 Å². The summed E-state index contributed by atoms with van der Waals surface area (Å²) < 4.78 is 24.8. The van der Waals surface area contributed by atoms with E-state index in [1.807, 2.05) is 0 Å². The molecular formula is C15H21ClN2O2S. The third kappa shape index (κ3) is 3.26. The van der Waals surface area contributed by atoms with E-state index >= 15 is 0 Å². The number of halogens is 1. The lowest BCUT2D eigenvalue weighted by atomic mass is 9.98. The molecule has 6 heteroatoms. The van der Waals surface area contributed by atoms with Crippen molar-refractivity contribution in [3.63, 3.8) is 0 Å². The van der Waals surface area contributed by atoms with Crippen LogP contribution in [-0.4, -0.2) is 43.7 Å². The van der Waals surface area contributed by atoms with Crippen LogP contribution in [0.2, 0.25) is 5.02 Å². The summed E-state index contributed by atoms with van der Waals surface area (Å²) in [4.78, 5) is 2.71. The summed E-state index contributed by atoms with van der Waals surface area (Å²) in [6.45, 7) is 0.604. The molecule has 2 aliphatic rings. The molecule has 0 spiro atoms. The summed E-state index contributed by atoms with van der Waals surface area (Å²) in [5, 5.41) is 0.553. The van der Waals surface area contributed by atoms with E-state index in [4.69, 9.17) is 17.3 Å². The fourth-order valence-electron chi connectivity index (χ4n) is 3.67. The van der Waals surface area contributed by atoms with Crippen LogP contribution in [0, 0.1) is 0 Å². The lowest BCUT2D eigenvalue weighted by molar-refractivity contribution is 0.136. The Morgan fingerprint density at radius 1 is 1.14 bits per heavy atom. The Hall–Kier alpha value is -0.620. The standard InChI is InChI=1S/C15H21ClN2O2S/c16-11-1-5-15(6-2-11)21(19,20)8-7-18-13-3-4-14(18)10-12(17)9-13/h1-2,5-6,12-14H,3-4,7-10,17H2. The molecule has 2 aliphatic heterocycles. The summed E-state index contributed by atoms with van der Waals surface area (Å²) in [6.07, 6.45) is 4.30. The van der Waals surface area contributed by atoms with Crippen LogP contribution in [0.15, 0.2) is 29.2 Å². The van der Waals surface area contributed by atoms with Crippen molar-refractivity contribution in [3.8, 4) is 0 Å². The van der Waals surface area contributed by atoms with E-state index in [9.17, 15) is 8.42 Å². The maximum Gasteiger partial charge on any atom is 0.179 e. The van der Waals surface area contributed by atoms with Crippen LogP contribution in [0.5, 0.6) is 0 Å². The molecule has 0 saturated carbocycles. The van der Waals surface area contributed by atoms with Crippen LogP contribution in [0.1, 0.15) is 25.7 Å². The highest BCUT2D eigenvalue weighted by molar-refractivity contribution is 7.91. The molecule has 4 nitrogen and oxygen atoms in total. The highest BCUT2D eigenvalue weighted by Gasteiger charge is 2.39. The number of fused-ring (bicyclic) bond motifs is 2. The van der Waals surface area contributed by atoms with Crippen molar-refractivity contribution < 1.29 is 8.42 Å². The number of benzene rings is 1. The molecule has 0 amide bonds. The second kappa shape index (κ2) is 5.88. The van der Waals surface area contributed by atoms with Crippen molar-refractivity contribution >= 4 is 21.4 Å². The minimum absolute atomic E-state index is 0.164. The number of sulfone groups is 1. The molecule has 2 N–H and O–H groups in total. The molecule has 1 aromatic rings. The Morgan fingerprint density at radius 3 is 2.29 bits per heavy atom. The molecule has 2 saturated heterocycles. The van der Waals surface area contributed by atoms with Gasteiger partial charge in [0.2, 0.25) is 0 Å². The molecule has 0 aromatic heterocycles. The number of nitrogens with two attached hydrogens (primary N) is 1. The average molecular weight is 329 g/mol. The lowest BCUT2D eigenvalue weighted by Crippen LogP contribution is -2.48. The van der Waals surface area contributed by atoms with E-state index in [0.717, 1.165) is 25.7 Å². The Bertz CT molecular complexity index is 589. The van der Waals surface area contributed by atoms with Gasteiger partial charge in [-0.1, -0.05) is 11.6 Å². The summed E-state index contributed by atoms with van der Waals surface area (Å²) in [6, 6.07) is 7.64. The monoisotopic (exact) mass is 328 g/mol. The van der Waals surface area contributed by atoms with Gasteiger partial charge in [0, 0.05) is 29.7 Å². The normalized spacial score (nSPS) is 29.7. The van der Waals surface area contributed by atoms with Crippen molar-refractivity contribution in [1.29, 1.82) is 0 Å². The molecule has 0 radical (unpaired) electrons. The first-order chi connectivity index (χ1) is 9.95. The predicted molar refractivity (Wildman–Crippen MR) is 84.2 cm³/mol. The molecule has 2 bridgehead atoms. The number of piperidine rings is 1. The fraction of sp³-hybridized carbons (Fsp3) is 0.600. The molecule has 2 atom stereocenters. The van der Waals surface area contributed by atoms with Gasteiger partial charge < -0.3 is 5.73 Å². The molecule has 2 heterocycles. The number of hydrogen-bond donors (Lipinski definition) is 1. The van der Waals surface area contributed by atoms with Gasteiger partial charge in [0.1, 0.15) is 0 Å². The van der Waals surface area contributed by atoms with Crippen molar-refractivity contribution in [1.82, 2.24) is 4.90 Å². The van der Waals surface area contributed by atoms with Gasteiger partial charge in [-0.25, -0.2) is 8.42 Å². The van der Waals surface area contributed by atoms with Crippen LogP contribution in [0.3, 0.4) is 0 Å². The van der Waals surface area contributed by atoms with E-state index in [0.29, 0.717) is 28.5 Å². The fourth-order valence-corrected chi connectivity index (χ4v) is 5.03. The molecular weight excluding hydrogens is 308 g/mol. The molecule has 3 rings (SSSR count). The van der Waals surface area contributed by atoms with E-state index in [1.54, 1.807) is 24.3 Å². The maximum atomic E-state index is 12.4. The first-order valence-corrected chi connectivity index (χ1v) is 9.48. The Kier molecular flexibility index (Phi) is 4.28. The highest BCUT2D eigenvalue weighted by Crippen LogP contribution is 2.34. The Morgan fingerprint density at radius 2 is 1.71 bits per heavy atom. The molecule has 0 aliphatic carbocycles. The summed E-state index contributed by atoms with van der Waals surface area (Å²) in [5.74, 6) is 0.164. The van der Waals surface area contributed by atoms with Crippen LogP contribution >= 0.6 is 11.6 Å². The Balaban J connectivity index is 1.66. The van der Waals surface area contributed by atoms with E-state index in [2.05, 4.69) is 4.90 Å². The summed E-state index contributed by atoms with van der Waals surface area (Å²) in [5.41, 5.74) is 6.05. The third-order valence-corrected chi connectivity index (χ3v) is 6.67. The van der Waals surface area contributed by atoms with Gasteiger partial charge in [0.15, 0.2) is 9.84 Å². The van der Waals surface area contributed by atoms with Crippen molar-refractivity contribution in [2.45, 2.75) is 48.7 Å². The lowest BCUT2D eigenvalue weighted by Gasteiger charge is -2.37. The zero-order valence-electron chi connectivity index (χ0n) is 11.9. The van der Waals surface area contributed by atoms with Crippen LogP contribution in [0.4, 0.5) is 0 Å². The quantitative estimate of drug-likeness (QED) is 0.919. The van der Waals surface area contributed by atoms with Crippen LogP contribution < -0.4 is 5.73 Å². The first-order valence-electron chi connectivity index (χ1n) is 7.45. The third-order valence-electron chi connectivity index (χ3n) is 4.71. The second-order valence-electron chi connectivity index (χ2n) is 6.13. The molecule has 2 fully saturated rings. The van der Waals surface area contributed by atoms with Gasteiger partial charge in [-0.3, -0.25) is 4.90 Å². The second-order valence-corrected chi connectivity index (χ2v) is 8.67. The summed E-state index contributed by atoms with van der Waals surface area (Å²) in [7, 11) is -3.24. The van der Waals surface area contributed by atoms with E-state index in [1.165, 1.54) is 0 Å². The minimum Gasteiger partial charge on any atom is -0.328 e. The smallest absolute Gasteiger partial charge is 0.179 e. The summed E-state index contributed by atoms with van der Waals surface area (Å²) >= 11 is 5.81. The minimum atomic E-state index is -3.24. The number of nitrogens with zero attached hydrogens (tertiary/aromatic N) is 1.